The number of hydrogen-bond acceptors (Lipinski definition) is 5. The maximum absolute atomic E-state index is 14.2. The fourth-order valence-corrected chi connectivity index (χ4v) is 4.78. The summed E-state index contributed by atoms with van der Waals surface area (Å²) < 4.78 is 35.5. The standard InChI is InChI=1S/C19H20ClFN4O3S.ClH/c1-24-5-4-13-17(24)14(19(26)25-6-8-29(27,28)9-7-25)11-22-18(13)23-16-3-2-12(20)10-15(16)21;/h2-5,10-11,27-28H,6-9H2,1H3,(H,22,23);1H. The van der Waals surface area contributed by atoms with E-state index in [9.17, 15) is 18.3 Å². The minimum atomic E-state index is -2.59. The number of halogens is 3. The zero-order chi connectivity index (χ0) is 20.8. The summed E-state index contributed by atoms with van der Waals surface area (Å²) in [6, 6.07) is 6.12. The number of nitrogens with zero attached hydrogens (tertiary/aromatic N) is 3. The summed E-state index contributed by atoms with van der Waals surface area (Å²) in [5.74, 6) is 0.0565. The van der Waals surface area contributed by atoms with Crippen LogP contribution in [0.25, 0.3) is 10.9 Å². The largest absolute Gasteiger partial charge is 0.350 e. The third kappa shape index (κ3) is 4.35. The summed E-state index contributed by atoms with van der Waals surface area (Å²) in [7, 11) is -0.771. The van der Waals surface area contributed by atoms with Crippen molar-refractivity contribution in [1.29, 1.82) is 0 Å². The molecule has 3 N–H and O–H groups in total. The van der Waals surface area contributed by atoms with Crippen LogP contribution in [0.3, 0.4) is 0 Å². The van der Waals surface area contributed by atoms with E-state index in [0.717, 1.165) is 0 Å². The first-order valence-corrected chi connectivity index (χ1v) is 11.2. The van der Waals surface area contributed by atoms with E-state index >= 15 is 0 Å². The minimum Gasteiger partial charge on any atom is -0.350 e. The number of fused-ring (bicyclic) bond motifs is 1. The molecule has 1 aliphatic heterocycles. The minimum absolute atomic E-state index is 0. The maximum Gasteiger partial charge on any atom is 0.257 e. The number of carbonyl (C=O) groups excluding carboxylic acids is 1. The molecule has 2 aromatic heterocycles. The summed E-state index contributed by atoms with van der Waals surface area (Å²) in [6.45, 7) is 0.562. The van der Waals surface area contributed by atoms with E-state index in [1.54, 1.807) is 17.2 Å². The fraction of sp³-hybridized carbons (Fsp3) is 0.263. The van der Waals surface area contributed by atoms with Gasteiger partial charge in [-0.2, -0.15) is 10.6 Å². The molecule has 1 saturated heterocycles. The van der Waals surface area contributed by atoms with Crippen LogP contribution in [0.2, 0.25) is 5.02 Å². The van der Waals surface area contributed by atoms with Crippen molar-refractivity contribution in [2.45, 2.75) is 0 Å². The summed E-state index contributed by atoms with van der Waals surface area (Å²) >= 11 is 5.81. The molecule has 3 aromatic rings. The highest BCUT2D eigenvalue weighted by atomic mass is 35.5. The van der Waals surface area contributed by atoms with E-state index in [2.05, 4.69) is 10.3 Å². The van der Waals surface area contributed by atoms with Crippen LogP contribution in [0, 0.1) is 5.82 Å². The number of anilines is 2. The molecule has 0 atom stereocenters. The van der Waals surface area contributed by atoms with E-state index in [0.29, 0.717) is 27.3 Å². The lowest BCUT2D eigenvalue weighted by atomic mass is 10.1. The third-order valence-electron chi connectivity index (χ3n) is 4.98. The molecule has 11 heteroatoms. The monoisotopic (exact) mass is 474 g/mol. The Labute approximate surface area is 185 Å². The van der Waals surface area contributed by atoms with E-state index in [-0.39, 0.29) is 48.6 Å². The molecule has 0 spiro atoms. The quantitative estimate of drug-likeness (QED) is 0.509. The normalized spacial score (nSPS) is 16.8. The predicted molar refractivity (Wildman–Crippen MR) is 121 cm³/mol. The van der Waals surface area contributed by atoms with E-state index < -0.39 is 16.4 Å². The molecule has 30 heavy (non-hydrogen) atoms. The fourth-order valence-electron chi connectivity index (χ4n) is 3.39. The first-order chi connectivity index (χ1) is 13.7. The number of rotatable bonds is 3. The summed E-state index contributed by atoms with van der Waals surface area (Å²) in [4.78, 5) is 19.0. The van der Waals surface area contributed by atoms with Gasteiger partial charge in [0.25, 0.3) is 5.91 Å². The first-order valence-electron chi connectivity index (χ1n) is 8.94. The van der Waals surface area contributed by atoms with Crippen LogP contribution >= 0.6 is 34.6 Å². The van der Waals surface area contributed by atoms with Crippen LogP contribution < -0.4 is 5.32 Å². The van der Waals surface area contributed by atoms with Gasteiger partial charge in [-0.3, -0.25) is 13.9 Å². The molecule has 0 aliphatic carbocycles. The molecule has 162 valence electrons. The smallest absolute Gasteiger partial charge is 0.257 e. The number of amides is 1. The molecule has 1 aromatic carbocycles. The van der Waals surface area contributed by atoms with Gasteiger partial charge >= 0.3 is 0 Å². The number of aryl methyl sites for hydroxylation is 1. The Hall–Kier alpha value is -2.04. The van der Waals surface area contributed by atoms with E-state index in [1.165, 1.54) is 18.3 Å². The molecular weight excluding hydrogens is 454 g/mol. The van der Waals surface area contributed by atoms with Gasteiger partial charge in [-0.25, -0.2) is 9.37 Å². The van der Waals surface area contributed by atoms with Crippen LogP contribution in [0.5, 0.6) is 0 Å². The Morgan fingerprint density at radius 1 is 1.27 bits per heavy atom. The van der Waals surface area contributed by atoms with Gasteiger partial charge in [-0.15, -0.1) is 12.4 Å². The summed E-state index contributed by atoms with van der Waals surface area (Å²) in [6.07, 6.45) is 3.27. The van der Waals surface area contributed by atoms with Crippen LogP contribution in [0.15, 0.2) is 36.7 Å². The van der Waals surface area contributed by atoms with E-state index in [4.69, 9.17) is 11.6 Å². The number of pyridine rings is 1. The van der Waals surface area contributed by atoms with Crippen LogP contribution in [-0.2, 0) is 7.05 Å². The van der Waals surface area contributed by atoms with Crippen molar-refractivity contribution in [2.75, 3.05) is 29.9 Å². The topological polar surface area (TPSA) is 90.6 Å². The molecule has 4 rings (SSSR count). The van der Waals surface area contributed by atoms with Crippen molar-refractivity contribution in [3.05, 3.63) is 53.1 Å². The van der Waals surface area contributed by atoms with Crippen LogP contribution in [-0.4, -0.2) is 54.1 Å². The zero-order valence-electron chi connectivity index (χ0n) is 16.0. The Morgan fingerprint density at radius 2 is 1.97 bits per heavy atom. The molecule has 1 amide bonds. The van der Waals surface area contributed by atoms with Crippen molar-refractivity contribution >= 4 is 62.9 Å². The molecule has 0 radical (unpaired) electrons. The molecule has 0 bridgehead atoms. The lowest BCUT2D eigenvalue weighted by Crippen LogP contribution is -2.42. The molecule has 3 heterocycles. The summed E-state index contributed by atoms with van der Waals surface area (Å²) in [5.41, 5.74) is 1.31. The van der Waals surface area contributed by atoms with Crippen molar-refractivity contribution in [3.8, 4) is 0 Å². The van der Waals surface area contributed by atoms with Gasteiger partial charge in [0.15, 0.2) is 0 Å². The van der Waals surface area contributed by atoms with Gasteiger partial charge in [-0.05, 0) is 24.3 Å². The highest BCUT2D eigenvalue weighted by molar-refractivity contribution is 8.24. The van der Waals surface area contributed by atoms with Gasteiger partial charge in [0.1, 0.15) is 11.6 Å². The second-order valence-electron chi connectivity index (χ2n) is 6.96. The van der Waals surface area contributed by atoms with Crippen molar-refractivity contribution in [1.82, 2.24) is 14.5 Å². The number of carbonyl (C=O) groups is 1. The van der Waals surface area contributed by atoms with Crippen LogP contribution in [0.1, 0.15) is 10.4 Å². The number of aromatic nitrogens is 2. The third-order valence-corrected chi connectivity index (χ3v) is 6.89. The average Bonchev–Trinajstić information content (AvgIpc) is 3.06. The number of nitrogens with one attached hydrogen (secondary N) is 1. The van der Waals surface area contributed by atoms with E-state index in [1.807, 2.05) is 17.7 Å². The Balaban J connectivity index is 0.00000256. The Morgan fingerprint density at radius 3 is 2.63 bits per heavy atom. The molecule has 0 unspecified atom stereocenters. The predicted octanol–water partition coefficient (Wildman–Crippen LogP) is 4.74. The summed E-state index contributed by atoms with van der Waals surface area (Å²) in [5, 5.41) is 3.94. The van der Waals surface area contributed by atoms with Crippen molar-refractivity contribution in [3.63, 3.8) is 0 Å². The molecule has 1 aliphatic rings. The SMILES string of the molecule is Cl.Cn1ccc2c(Nc3ccc(Cl)cc3F)ncc(C(=O)N3CCS(O)(O)CC3)c21. The van der Waals surface area contributed by atoms with Gasteiger partial charge in [0, 0.05) is 42.9 Å². The van der Waals surface area contributed by atoms with Crippen molar-refractivity contribution < 1.29 is 18.3 Å². The second kappa shape index (κ2) is 8.60. The second-order valence-corrected chi connectivity index (χ2v) is 9.82. The molecule has 1 fully saturated rings. The van der Waals surface area contributed by atoms with Gasteiger partial charge in [-0.1, -0.05) is 11.6 Å². The Bertz CT molecular complexity index is 1100. The molecule has 7 nitrogen and oxygen atoms in total. The highest BCUT2D eigenvalue weighted by Gasteiger charge is 2.28. The van der Waals surface area contributed by atoms with Crippen molar-refractivity contribution in [2.24, 2.45) is 7.05 Å². The lowest BCUT2D eigenvalue weighted by Gasteiger charge is -2.40. The molecular formula is C19H21Cl2FN4O3S. The Kier molecular flexibility index (Phi) is 6.49. The number of hydrogen-bond donors (Lipinski definition) is 3. The van der Waals surface area contributed by atoms with Crippen LogP contribution in [0.4, 0.5) is 15.9 Å². The van der Waals surface area contributed by atoms with Gasteiger partial charge < -0.3 is 14.8 Å². The zero-order valence-corrected chi connectivity index (χ0v) is 18.4. The average molecular weight is 475 g/mol. The highest BCUT2D eigenvalue weighted by Crippen LogP contribution is 2.40. The molecule has 0 saturated carbocycles. The maximum atomic E-state index is 14.2. The van der Waals surface area contributed by atoms with Gasteiger partial charge in [0.2, 0.25) is 0 Å². The first kappa shape index (κ1) is 22.6. The lowest BCUT2D eigenvalue weighted by molar-refractivity contribution is 0.0769. The number of benzene rings is 1. The van der Waals surface area contributed by atoms with Gasteiger partial charge in [0.05, 0.1) is 28.3 Å².